The molecule has 1 saturated carbocycles. The molecular formula is C7H13LiO. The summed E-state index contributed by atoms with van der Waals surface area (Å²) in [5.41, 5.74) is -0.514. The van der Waals surface area contributed by atoms with Crippen LogP contribution in [0, 0.1) is 0 Å². The number of hydrogen-bond donors (Lipinski definition) is 0. The van der Waals surface area contributed by atoms with Crippen molar-refractivity contribution in [1.29, 1.82) is 0 Å². The van der Waals surface area contributed by atoms with Gasteiger partial charge in [0.2, 0.25) is 0 Å². The summed E-state index contributed by atoms with van der Waals surface area (Å²) < 4.78 is 0. The molecule has 0 spiro atoms. The largest absolute Gasteiger partial charge is 1.00 e. The maximum absolute atomic E-state index is 11.3. The molecule has 0 aromatic carbocycles. The molecule has 0 amide bonds. The molecule has 0 unspecified atom stereocenters. The first-order valence-corrected chi connectivity index (χ1v) is 3.47. The van der Waals surface area contributed by atoms with Crippen molar-refractivity contribution < 1.29 is 24.0 Å². The zero-order valence-corrected chi connectivity index (χ0v) is 6.44. The topological polar surface area (TPSA) is 23.1 Å². The molecule has 0 atom stereocenters. The van der Waals surface area contributed by atoms with Crippen molar-refractivity contribution in [3.63, 3.8) is 0 Å². The molecule has 0 bridgehead atoms. The third-order valence-corrected chi connectivity index (χ3v) is 2.16. The standard InChI is InChI=1S/C7H13O.Li/c1-2-7(8)5-3-4-6-7;/h2-6H2,1H3;/q-1;+1. The predicted octanol–water partition coefficient (Wildman–Crippen LogP) is -1.93. The monoisotopic (exact) mass is 120 g/mol. The van der Waals surface area contributed by atoms with E-state index in [1.54, 1.807) is 0 Å². The van der Waals surface area contributed by atoms with Gasteiger partial charge in [-0.25, -0.2) is 0 Å². The van der Waals surface area contributed by atoms with Gasteiger partial charge in [0.05, 0.1) is 0 Å². The first-order chi connectivity index (χ1) is 3.77. The van der Waals surface area contributed by atoms with Crippen LogP contribution in [0.25, 0.3) is 0 Å². The van der Waals surface area contributed by atoms with Gasteiger partial charge in [0, 0.05) is 0 Å². The van der Waals surface area contributed by atoms with E-state index in [9.17, 15) is 5.11 Å². The van der Waals surface area contributed by atoms with Crippen LogP contribution in [0.5, 0.6) is 0 Å². The van der Waals surface area contributed by atoms with Gasteiger partial charge in [0.15, 0.2) is 0 Å². The molecule has 0 heterocycles. The van der Waals surface area contributed by atoms with Crippen molar-refractivity contribution >= 4 is 0 Å². The van der Waals surface area contributed by atoms with Crippen LogP contribution in [-0.2, 0) is 0 Å². The Balaban J connectivity index is 0.000000640. The molecule has 1 fully saturated rings. The van der Waals surface area contributed by atoms with E-state index >= 15 is 0 Å². The van der Waals surface area contributed by atoms with E-state index in [0.29, 0.717) is 0 Å². The summed E-state index contributed by atoms with van der Waals surface area (Å²) >= 11 is 0. The smallest absolute Gasteiger partial charge is 0.849 e. The Morgan fingerprint density at radius 1 is 1.33 bits per heavy atom. The molecular weight excluding hydrogens is 107 g/mol. The second-order valence-electron chi connectivity index (χ2n) is 2.74. The predicted molar refractivity (Wildman–Crippen MR) is 31.5 cm³/mol. The fourth-order valence-corrected chi connectivity index (χ4v) is 1.37. The maximum Gasteiger partial charge on any atom is 1.00 e. The molecule has 1 nitrogen and oxygen atoms in total. The van der Waals surface area contributed by atoms with E-state index in [2.05, 4.69) is 0 Å². The summed E-state index contributed by atoms with van der Waals surface area (Å²) in [6.45, 7) is 2.00. The van der Waals surface area contributed by atoms with Gasteiger partial charge in [-0.3, -0.25) is 0 Å². The van der Waals surface area contributed by atoms with Crippen molar-refractivity contribution in [3.8, 4) is 0 Å². The van der Waals surface area contributed by atoms with Gasteiger partial charge in [0.25, 0.3) is 0 Å². The van der Waals surface area contributed by atoms with Crippen LogP contribution in [0.15, 0.2) is 0 Å². The van der Waals surface area contributed by atoms with Gasteiger partial charge in [-0.15, -0.1) is 5.60 Å². The van der Waals surface area contributed by atoms with Crippen LogP contribution >= 0.6 is 0 Å². The fourth-order valence-electron chi connectivity index (χ4n) is 1.37. The van der Waals surface area contributed by atoms with Crippen molar-refractivity contribution in [1.82, 2.24) is 0 Å². The summed E-state index contributed by atoms with van der Waals surface area (Å²) in [5.74, 6) is 0. The third-order valence-electron chi connectivity index (χ3n) is 2.16. The van der Waals surface area contributed by atoms with Gasteiger partial charge in [0.1, 0.15) is 0 Å². The van der Waals surface area contributed by atoms with Crippen molar-refractivity contribution in [2.75, 3.05) is 0 Å². The van der Waals surface area contributed by atoms with Gasteiger partial charge in [-0.05, 0) is 0 Å². The van der Waals surface area contributed by atoms with Crippen LogP contribution < -0.4 is 24.0 Å². The molecule has 0 aliphatic heterocycles. The normalized spacial score (nSPS) is 23.3. The average molecular weight is 120 g/mol. The van der Waals surface area contributed by atoms with Crippen LogP contribution in [0.3, 0.4) is 0 Å². The Labute approximate surface area is 69.0 Å². The average Bonchev–Trinajstić information content (AvgIpc) is 2.17. The van der Waals surface area contributed by atoms with Crippen molar-refractivity contribution in [3.05, 3.63) is 0 Å². The molecule has 0 aromatic heterocycles. The minimum atomic E-state index is -0.514. The minimum absolute atomic E-state index is 0. The molecule has 1 aliphatic rings. The Kier molecular flexibility index (Phi) is 3.89. The summed E-state index contributed by atoms with van der Waals surface area (Å²) in [5, 5.41) is 11.3. The number of hydrogen-bond acceptors (Lipinski definition) is 1. The molecule has 0 aromatic rings. The third kappa shape index (κ3) is 2.33. The minimum Gasteiger partial charge on any atom is -0.849 e. The Bertz CT molecular complexity index is 77.0. The number of rotatable bonds is 1. The van der Waals surface area contributed by atoms with Crippen LogP contribution in [0.2, 0.25) is 0 Å². The molecule has 2 heteroatoms. The molecule has 9 heavy (non-hydrogen) atoms. The molecule has 0 radical (unpaired) electrons. The van der Waals surface area contributed by atoms with E-state index < -0.39 is 5.60 Å². The van der Waals surface area contributed by atoms with E-state index in [4.69, 9.17) is 0 Å². The Morgan fingerprint density at radius 3 is 2.00 bits per heavy atom. The zero-order valence-electron chi connectivity index (χ0n) is 6.44. The van der Waals surface area contributed by atoms with E-state index in [1.165, 1.54) is 0 Å². The second kappa shape index (κ2) is 3.66. The summed E-state index contributed by atoms with van der Waals surface area (Å²) in [7, 11) is 0. The molecule has 0 N–H and O–H groups in total. The SMILES string of the molecule is CCC1([O-])CCCC1.[Li+]. The quantitative estimate of drug-likeness (QED) is 0.370. The first kappa shape index (κ1) is 9.56. The second-order valence-corrected chi connectivity index (χ2v) is 2.74. The van der Waals surface area contributed by atoms with Crippen LogP contribution in [0.1, 0.15) is 39.0 Å². The Morgan fingerprint density at radius 2 is 1.78 bits per heavy atom. The van der Waals surface area contributed by atoms with Crippen molar-refractivity contribution in [2.24, 2.45) is 0 Å². The summed E-state index contributed by atoms with van der Waals surface area (Å²) in [6, 6.07) is 0. The van der Waals surface area contributed by atoms with Crippen LogP contribution in [-0.4, -0.2) is 5.60 Å². The van der Waals surface area contributed by atoms with E-state index in [0.717, 1.165) is 32.1 Å². The molecule has 0 saturated heterocycles. The Hall–Kier alpha value is 0.557. The fraction of sp³-hybridized carbons (Fsp3) is 1.00. The molecule has 48 valence electrons. The van der Waals surface area contributed by atoms with Crippen molar-refractivity contribution in [2.45, 2.75) is 44.6 Å². The maximum atomic E-state index is 11.3. The van der Waals surface area contributed by atoms with Gasteiger partial charge >= 0.3 is 18.9 Å². The summed E-state index contributed by atoms with van der Waals surface area (Å²) in [6.07, 6.45) is 4.99. The molecule has 1 aliphatic carbocycles. The van der Waals surface area contributed by atoms with Gasteiger partial charge in [-0.2, -0.15) is 0 Å². The zero-order chi connectivity index (χ0) is 6.04. The van der Waals surface area contributed by atoms with Gasteiger partial charge in [-0.1, -0.05) is 39.0 Å². The van der Waals surface area contributed by atoms with E-state index in [-0.39, 0.29) is 18.9 Å². The molecule has 1 rings (SSSR count). The van der Waals surface area contributed by atoms with Gasteiger partial charge < -0.3 is 5.11 Å². The summed E-state index contributed by atoms with van der Waals surface area (Å²) in [4.78, 5) is 0. The van der Waals surface area contributed by atoms with E-state index in [1.807, 2.05) is 6.92 Å². The first-order valence-electron chi connectivity index (χ1n) is 3.47. The van der Waals surface area contributed by atoms with Crippen LogP contribution in [0.4, 0.5) is 0 Å².